The van der Waals surface area contributed by atoms with E-state index in [0.29, 0.717) is 6.04 Å². The van der Waals surface area contributed by atoms with Crippen molar-refractivity contribution in [3.8, 4) is 0 Å². The average molecular weight is 281 g/mol. The first-order valence-corrected chi connectivity index (χ1v) is 7.59. The van der Waals surface area contributed by atoms with Crippen LogP contribution in [0.3, 0.4) is 0 Å². The molecular formula is C18H23N3. The van der Waals surface area contributed by atoms with Crippen LogP contribution in [-0.2, 0) is 6.54 Å². The third-order valence-corrected chi connectivity index (χ3v) is 4.09. The Kier molecular flexibility index (Phi) is 4.11. The summed E-state index contributed by atoms with van der Waals surface area (Å²) in [5.74, 6) is 0. The molecule has 0 bridgehead atoms. The highest BCUT2D eigenvalue weighted by Gasteiger charge is 2.22. The van der Waals surface area contributed by atoms with E-state index in [1.165, 1.54) is 17.5 Å². The van der Waals surface area contributed by atoms with Crippen molar-refractivity contribution in [2.45, 2.75) is 25.9 Å². The number of nitrogens with zero attached hydrogens (tertiary/aromatic N) is 1. The van der Waals surface area contributed by atoms with Crippen molar-refractivity contribution in [1.29, 1.82) is 0 Å². The topological polar surface area (TPSA) is 41.3 Å². The van der Waals surface area contributed by atoms with Crippen LogP contribution < -0.4 is 11.1 Å². The zero-order chi connectivity index (χ0) is 14.7. The van der Waals surface area contributed by atoms with E-state index in [9.17, 15) is 0 Å². The first kappa shape index (κ1) is 14.0. The highest BCUT2D eigenvalue weighted by molar-refractivity contribution is 5.67. The van der Waals surface area contributed by atoms with E-state index >= 15 is 0 Å². The molecule has 0 aromatic heterocycles. The van der Waals surface area contributed by atoms with Gasteiger partial charge in [-0.2, -0.15) is 0 Å². The first-order chi connectivity index (χ1) is 10.2. The Morgan fingerprint density at radius 1 is 1.19 bits per heavy atom. The van der Waals surface area contributed by atoms with Gasteiger partial charge in [-0.25, -0.2) is 0 Å². The molecule has 1 aliphatic heterocycles. The second-order valence-corrected chi connectivity index (χ2v) is 5.94. The summed E-state index contributed by atoms with van der Waals surface area (Å²) >= 11 is 0. The van der Waals surface area contributed by atoms with Crippen LogP contribution in [0.1, 0.15) is 17.5 Å². The molecule has 0 radical (unpaired) electrons. The smallest absolute Gasteiger partial charge is 0.0576 e. The van der Waals surface area contributed by atoms with Gasteiger partial charge < -0.3 is 11.1 Å². The maximum absolute atomic E-state index is 6.08. The Labute approximate surface area is 126 Å². The third-order valence-electron chi connectivity index (χ3n) is 4.09. The molecule has 1 fully saturated rings. The summed E-state index contributed by atoms with van der Waals surface area (Å²) in [4.78, 5) is 2.50. The molecule has 1 saturated heterocycles. The normalized spacial score (nSPS) is 18.8. The van der Waals surface area contributed by atoms with Crippen LogP contribution in [0.25, 0.3) is 0 Å². The maximum Gasteiger partial charge on any atom is 0.0576 e. The van der Waals surface area contributed by atoms with Gasteiger partial charge in [-0.3, -0.25) is 4.90 Å². The quantitative estimate of drug-likeness (QED) is 0.845. The minimum atomic E-state index is 0.485. The number of aryl methyl sites for hydroxylation is 1. The molecule has 3 rings (SSSR count). The lowest BCUT2D eigenvalue weighted by Gasteiger charge is -2.18. The van der Waals surface area contributed by atoms with Crippen molar-refractivity contribution >= 4 is 11.4 Å². The Bertz CT molecular complexity index is 595. The molecule has 2 aromatic carbocycles. The van der Waals surface area contributed by atoms with Crippen LogP contribution >= 0.6 is 0 Å². The van der Waals surface area contributed by atoms with Crippen molar-refractivity contribution in [2.24, 2.45) is 0 Å². The molecule has 1 aliphatic rings. The van der Waals surface area contributed by atoms with E-state index < -0.39 is 0 Å². The van der Waals surface area contributed by atoms with Gasteiger partial charge in [0.2, 0.25) is 0 Å². The van der Waals surface area contributed by atoms with Crippen molar-refractivity contribution in [1.82, 2.24) is 4.90 Å². The summed E-state index contributed by atoms with van der Waals surface area (Å²) in [5.41, 5.74) is 10.6. The molecule has 1 heterocycles. The summed E-state index contributed by atoms with van der Waals surface area (Å²) < 4.78 is 0. The molecular weight excluding hydrogens is 258 g/mol. The Morgan fingerprint density at radius 2 is 2.00 bits per heavy atom. The fourth-order valence-corrected chi connectivity index (χ4v) is 2.97. The molecule has 0 saturated carbocycles. The predicted molar refractivity (Wildman–Crippen MR) is 89.3 cm³/mol. The third kappa shape index (κ3) is 3.56. The van der Waals surface area contributed by atoms with Gasteiger partial charge >= 0.3 is 0 Å². The summed E-state index contributed by atoms with van der Waals surface area (Å²) in [6.07, 6.45) is 1.17. The number of likely N-dealkylation sites (tertiary alicyclic amines) is 1. The highest BCUT2D eigenvalue weighted by atomic mass is 15.2. The van der Waals surface area contributed by atoms with Crippen LogP contribution in [0.2, 0.25) is 0 Å². The lowest BCUT2D eigenvalue weighted by molar-refractivity contribution is 0.328. The monoisotopic (exact) mass is 281 g/mol. The molecule has 3 nitrogen and oxygen atoms in total. The maximum atomic E-state index is 6.08. The van der Waals surface area contributed by atoms with Crippen molar-refractivity contribution in [3.63, 3.8) is 0 Å². The zero-order valence-corrected chi connectivity index (χ0v) is 12.5. The van der Waals surface area contributed by atoms with Crippen LogP contribution in [0.15, 0.2) is 48.5 Å². The Balaban J connectivity index is 1.57. The highest BCUT2D eigenvalue weighted by Crippen LogP contribution is 2.23. The Morgan fingerprint density at radius 3 is 2.76 bits per heavy atom. The molecule has 3 heteroatoms. The first-order valence-electron chi connectivity index (χ1n) is 7.59. The van der Waals surface area contributed by atoms with E-state index in [4.69, 9.17) is 5.73 Å². The number of nitrogens with one attached hydrogen (secondary N) is 1. The number of anilines is 2. The lowest BCUT2D eigenvalue weighted by atomic mass is 10.1. The number of nitrogens with two attached hydrogens (primary N) is 1. The molecule has 3 N–H and O–H groups in total. The zero-order valence-electron chi connectivity index (χ0n) is 12.5. The van der Waals surface area contributed by atoms with Gasteiger partial charge in [0.05, 0.1) is 11.4 Å². The number of hydrogen-bond acceptors (Lipinski definition) is 3. The van der Waals surface area contributed by atoms with Gasteiger partial charge in [-0.1, -0.05) is 36.4 Å². The molecule has 0 aliphatic carbocycles. The summed E-state index contributed by atoms with van der Waals surface area (Å²) in [6.45, 7) is 5.31. The minimum Gasteiger partial charge on any atom is -0.397 e. The minimum absolute atomic E-state index is 0.485. The summed E-state index contributed by atoms with van der Waals surface area (Å²) in [7, 11) is 0. The molecule has 21 heavy (non-hydrogen) atoms. The van der Waals surface area contributed by atoms with Crippen molar-refractivity contribution in [3.05, 3.63) is 59.7 Å². The second-order valence-electron chi connectivity index (χ2n) is 5.94. The van der Waals surface area contributed by atoms with E-state index in [1.54, 1.807) is 0 Å². The van der Waals surface area contributed by atoms with E-state index in [0.717, 1.165) is 31.0 Å². The van der Waals surface area contributed by atoms with E-state index in [1.807, 2.05) is 6.07 Å². The molecule has 110 valence electrons. The van der Waals surface area contributed by atoms with Crippen molar-refractivity contribution in [2.75, 3.05) is 24.1 Å². The SMILES string of the molecule is Cc1ccc(NC2CCN(Cc3ccccc3)C2)c(N)c1. The van der Waals surface area contributed by atoms with Gasteiger partial charge in [0, 0.05) is 25.7 Å². The van der Waals surface area contributed by atoms with Gasteiger partial charge in [0.1, 0.15) is 0 Å². The lowest BCUT2D eigenvalue weighted by Crippen LogP contribution is -2.26. The van der Waals surface area contributed by atoms with E-state index in [-0.39, 0.29) is 0 Å². The fourth-order valence-electron chi connectivity index (χ4n) is 2.97. The number of rotatable bonds is 4. The van der Waals surface area contributed by atoms with Gasteiger partial charge in [0.25, 0.3) is 0 Å². The Hall–Kier alpha value is -2.00. The van der Waals surface area contributed by atoms with Crippen LogP contribution in [-0.4, -0.2) is 24.0 Å². The molecule has 1 unspecified atom stereocenters. The summed E-state index contributed by atoms with van der Waals surface area (Å²) in [6, 6.07) is 17.4. The predicted octanol–water partition coefficient (Wildman–Crippen LogP) is 3.26. The van der Waals surface area contributed by atoms with Crippen LogP contribution in [0, 0.1) is 6.92 Å². The molecule has 2 aromatic rings. The van der Waals surface area contributed by atoms with Crippen LogP contribution in [0.4, 0.5) is 11.4 Å². The van der Waals surface area contributed by atoms with Crippen molar-refractivity contribution < 1.29 is 0 Å². The standard InChI is InChI=1S/C18H23N3/c1-14-7-8-18(17(19)11-14)20-16-9-10-21(13-16)12-15-5-3-2-4-6-15/h2-8,11,16,20H,9-10,12-13,19H2,1H3. The van der Waals surface area contributed by atoms with Crippen LogP contribution in [0.5, 0.6) is 0 Å². The molecule has 0 amide bonds. The number of hydrogen-bond donors (Lipinski definition) is 2. The molecule has 1 atom stereocenters. The fraction of sp³-hybridized carbons (Fsp3) is 0.333. The average Bonchev–Trinajstić information content (AvgIpc) is 2.90. The van der Waals surface area contributed by atoms with E-state index in [2.05, 4.69) is 59.6 Å². The molecule has 0 spiro atoms. The second kappa shape index (κ2) is 6.19. The van der Waals surface area contributed by atoms with Gasteiger partial charge in [-0.15, -0.1) is 0 Å². The van der Waals surface area contributed by atoms with Gasteiger partial charge in [0.15, 0.2) is 0 Å². The number of nitrogen functional groups attached to an aromatic ring is 1. The summed E-state index contributed by atoms with van der Waals surface area (Å²) in [5, 5.41) is 3.59. The largest absolute Gasteiger partial charge is 0.397 e. The number of benzene rings is 2. The van der Waals surface area contributed by atoms with Gasteiger partial charge in [-0.05, 0) is 36.6 Å².